The largest absolute Gasteiger partial charge is 0.388 e. The SMILES string of the molecule is CC1(C)COC2(CC[C@@]34Cc5cc(C6(C)OCC(C)(C)CO6)ccc5C5C[C@@]6(C)[C@@H](CC[C@@]6(O)CC#N)[C@H](CC=C3C2)C54)OC1. The third kappa shape index (κ3) is 4.36. The van der Waals surface area contributed by atoms with Gasteiger partial charge >= 0.3 is 0 Å². The summed E-state index contributed by atoms with van der Waals surface area (Å²) in [4.78, 5) is 0. The topological polar surface area (TPSA) is 80.9 Å². The minimum Gasteiger partial charge on any atom is -0.388 e. The molecule has 0 amide bonds. The van der Waals surface area contributed by atoms with Gasteiger partial charge in [-0.15, -0.1) is 0 Å². The summed E-state index contributed by atoms with van der Waals surface area (Å²) in [6.45, 7) is 16.0. The Kier molecular flexibility index (Phi) is 6.57. The molecule has 2 heterocycles. The Hall–Kier alpha value is -1.75. The van der Waals surface area contributed by atoms with Crippen molar-refractivity contribution in [1.82, 2.24) is 0 Å². The van der Waals surface area contributed by atoms with E-state index in [9.17, 15) is 10.4 Å². The van der Waals surface area contributed by atoms with E-state index in [1.54, 1.807) is 5.57 Å². The molecule has 244 valence electrons. The Morgan fingerprint density at radius 3 is 2.27 bits per heavy atom. The molecule has 0 radical (unpaired) electrons. The second-order valence-electron chi connectivity index (χ2n) is 18.2. The Bertz CT molecular complexity index is 1450. The summed E-state index contributed by atoms with van der Waals surface area (Å²) in [5.41, 5.74) is 4.39. The summed E-state index contributed by atoms with van der Waals surface area (Å²) in [7, 11) is 0. The van der Waals surface area contributed by atoms with Crippen LogP contribution in [-0.2, 0) is 31.2 Å². The average molecular weight is 616 g/mol. The number of nitriles is 1. The lowest BCUT2D eigenvalue weighted by atomic mass is 9.40. The molecule has 6 nitrogen and oxygen atoms in total. The fourth-order valence-electron chi connectivity index (χ4n) is 11.4. The zero-order valence-corrected chi connectivity index (χ0v) is 28.3. The monoisotopic (exact) mass is 615 g/mol. The Morgan fingerprint density at radius 2 is 1.58 bits per heavy atom. The average Bonchev–Trinajstić information content (AvgIpc) is 3.26. The molecular formula is C39H53NO5. The molecule has 3 saturated carbocycles. The van der Waals surface area contributed by atoms with E-state index < -0.39 is 17.2 Å². The standard InChI is InChI=1S/C39H53NO5/c1-33(2)21-42-36(6,43-22-33)26-7-9-28-25(17-26)18-37-13-14-39(44-23-34(3,4)24-45-39)19-27(37)8-10-29-31-11-12-38(41,15-16-40)35(31,5)20-30(28)32(29)37/h7-9,17,29-32,41H,10-15,18-24H2,1-6H3/t29-,30?,31-,32?,35-,37+,38+/m0/s1. The minimum atomic E-state index is -0.927. The quantitative estimate of drug-likeness (QED) is 0.346. The molecule has 2 aliphatic heterocycles. The van der Waals surface area contributed by atoms with Gasteiger partial charge in [0.15, 0.2) is 11.6 Å². The Labute approximate surface area is 269 Å². The highest BCUT2D eigenvalue weighted by molar-refractivity contribution is 5.46. The molecule has 2 unspecified atom stereocenters. The minimum absolute atomic E-state index is 0.00280. The van der Waals surface area contributed by atoms with Crippen LogP contribution in [0.3, 0.4) is 0 Å². The molecule has 2 spiro atoms. The number of hydrogen-bond donors (Lipinski definition) is 1. The number of nitrogens with zero attached hydrogens (tertiary/aromatic N) is 1. The van der Waals surface area contributed by atoms with Gasteiger partial charge in [0, 0.05) is 34.7 Å². The van der Waals surface area contributed by atoms with Crippen molar-refractivity contribution < 1.29 is 24.1 Å². The fraction of sp³-hybridized carbons (Fsp3) is 0.769. The lowest BCUT2D eigenvalue weighted by Crippen LogP contribution is -2.61. The molecule has 1 N–H and O–H groups in total. The highest BCUT2D eigenvalue weighted by Crippen LogP contribution is 2.73. The third-order valence-corrected chi connectivity index (χ3v) is 14.0. The second-order valence-corrected chi connectivity index (χ2v) is 18.2. The molecule has 5 aliphatic carbocycles. The van der Waals surface area contributed by atoms with Crippen LogP contribution >= 0.6 is 0 Å². The van der Waals surface area contributed by atoms with Gasteiger partial charge in [-0.1, -0.05) is 64.5 Å². The van der Waals surface area contributed by atoms with E-state index in [1.807, 2.05) is 0 Å². The van der Waals surface area contributed by atoms with Crippen LogP contribution in [0.25, 0.3) is 0 Å². The maximum absolute atomic E-state index is 12.1. The van der Waals surface area contributed by atoms with Crippen molar-refractivity contribution in [2.45, 2.75) is 122 Å². The first-order valence-corrected chi connectivity index (χ1v) is 17.6. The van der Waals surface area contributed by atoms with Gasteiger partial charge < -0.3 is 24.1 Å². The smallest absolute Gasteiger partial charge is 0.191 e. The van der Waals surface area contributed by atoms with Crippen molar-refractivity contribution in [3.05, 3.63) is 46.5 Å². The number of hydrogen-bond acceptors (Lipinski definition) is 6. The van der Waals surface area contributed by atoms with Gasteiger partial charge in [-0.25, -0.2) is 0 Å². The molecule has 1 aromatic carbocycles. The van der Waals surface area contributed by atoms with Crippen molar-refractivity contribution in [3.63, 3.8) is 0 Å². The summed E-state index contributed by atoms with van der Waals surface area (Å²) in [6.07, 6.45) is 10.4. The number of fused-ring (bicyclic) bond motifs is 4. The van der Waals surface area contributed by atoms with Gasteiger partial charge in [-0.3, -0.25) is 0 Å². The fourth-order valence-corrected chi connectivity index (χ4v) is 11.4. The second kappa shape index (κ2) is 9.66. The first kappa shape index (κ1) is 30.6. The molecule has 0 aromatic heterocycles. The predicted molar refractivity (Wildman–Crippen MR) is 171 cm³/mol. The highest BCUT2D eigenvalue weighted by Gasteiger charge is 2.69. The molecule has 45 heavy (non-hydrogen) atoms. The van der Waals surface area contributed by atoms with Gasteiger partial charge in [-0.2, -0.15) is 5.26 Å². The van der Waals surface area contributed by atoms with Gasteiger partial charge in [0.2, 0.25) is 0 Å². The normalized spacial score (nSPS) is 43.2. The van der Waals surface area contributed by atoms with E-state index in [0.29, 0.717) is 36.9 Å². The van der Waals surface area contributed by atoms with Gasteiger partial charge in [-0.05, 0) is 85.7 Å². The van der Waals surface area contributed by atoms with Crippen molar-refractivity contribution in [3.8, 4) is 6.07 Å². The molecule has 6 heteroatoms. The number of benzene rings is 1. The number of aliphatic hydroxyl groups is 1. The van der Waals surface area contributed by atoms with E-state index in [-0.39, 0.29) is 28.1 Å². The van der Waals surface area contributed by atoms with Gasteiger partial charge in [0.05, 0.1) is 44.5 Å². The van der Waals surface area contributed by atoms with Crippen molar-refractivity contribution >= 4 is 0 Å². The third-order valence-electron chi connectivity index (χ3n) is 14.0. The van der Waals surface area contributed by atoms with E-state index >= 15 is 0 Å². The zero-order valence-electron chi connectivity index (χ0n) is 28.3. The van der Waals surface area contributed by atoms with Gasteiger partial charge in [0.1, 0.15) is 0 Å². The molecule has 7 aliphatic rings. The number of allylic oxidation sites excluding steroid dienone is 1. The molecule has 0 bridgehead atoms. The molecule has 8 rings (SSSR count). The zero-order chi connectivity index (χ0) is 31.7. The van der Waals surface area contributed by atoms with Crippen LogP contribution in [0.2, 0.25) is 0 Å². The summed E-state index contributed by atoms with van der Waals surface area (Å²) < 4.78 is 26.1. The molecule has 5 fully saturated rings. The van der Waals surface area contributed by atoms with Gasteiger partial charge in [0.25, 0.3) is 0 Å². The molecule has 7 atom stereocenters. The maximum Gasteiger partial charge on any atom is 0.191 e. The van der Waals surface area contributed by atoms with Crippen LogP contribution < -0.4 is 0 Å². The Balaban J connectivity index is 1.22. The predicted octanol–water partition coefficient (Wildman–Crippen LogP) is 7.54. The molecular weight excluding hydrogens is 562 g/mol. The summed E-state index contributed by atoms with van der Waals surface area (Å²) in [5.74, 6) is 0.519. The van der Waals surface area contributed by atoms with E-state index in [0.717, 1.165) is 70.1 Å². The first-order valence-electron chi connectivity index (χ1n) is 17.6. The van der Waals surface area contributed by atoms with E-state index in [2.05, 4.69) is 71.9 Å². The van der Waals surface area contributed by atoms with Crippen LogP contribution in [0, 0.1) is 50.7 Å². The number of ether oxygens (including phenoxy) is 4. The van der Waals surface area contributed by atoms with E-state index in [4.69, 9.17) is 18.9 Å². The lowest BCUT2D eigenvalue weighted by Gasteiger charge is -2.66. The molecule has 1 aromatic rings. The summed E-state index contributed by atoms with van der Waals surface area (Å²) in [6, 6.07) is 9.39. The maximum atomic E-state index is 12.1. The summed E-state index contributed by atoms with van der Waals surface area (Å²) >= 11 is 0. The Morgan fingerprint density at radius 1 is 0.889 bits per heavy atom. The van der Waals surface area contributed by atoms with Crippen molar-refractivity contribution in [1.29, 1.82) is 5.26 Å². The van der Waals surface area contributed by atoms with Crippen molar-refractivity contribution in [2.24, 2.45) is 39.4 Å². The van der Waals surface area contributed by atoms with Crippen molar-refractivity contribution in [2.75, 3.05) is 26.4 Å². The van der Waals surface area contributed by atoms with Crippen LogP contribution in [0.1, 0.15) is 116 Å². The van der Waals surface area contributed by atoms with Crippen LogP contribution in [0.15, 0.2) is 29.8 Å². The summed E-state index contributed by atoms with van der Waals surface area (Å²) in [5, 5.41) is 21.9. The molecule has 2 saturated heterocycles. The first-order chi connectivity index (χ1) is 21.2. The van der Waals surface area contributed by atoms with Crippen LogP contribution in [-0.4, -0.2) is 42.9 Å². The number of rotatable bonds is 2. The van der Waals surface area contributed by atoms with E-state index in [1.165, 1.54) is 11.1 Å². The lowest BCUT2D eigenvalue weighted by molar-refractivity contribution is -0.311. The highest BCUT2D eigenvalue weighted by atomic mass is 16.7. The van der Waals surface area contributed by atoms with Crippen LogP contribution in [0.4, 0.5) is 0 Å². The van der Waals surface area contributed by atoms with Crippen LogP contribution in [0.5, 0.6) is 0 Å².